The summed E-state index contributed by atoms with van der Waals surface area (Å²) < 4.78 is 13.0. The molecule has 1 aliphatic heterocycles. The van der Waals surface area contributed by atoms with Gasteiger partial charge >= 0.3 is 0 Å². The van der Waals surface area contributed by atoms with Gasteiger partial charge in [-0.2, -0.15) is 11.3 Å². The molecule has 0 saturated heterocycles. The molecule has 0 fully saturated rings. The zero-order valence-corrected chi connectivity index (χ0v) is 19.6. The summed E-state index contributed by atoms with van der Waals surface area (Å²) in [4.78, 5) is 14.5. The van der Waals surface area contributed by atoms with Crippen molar-refractivity contribution in [1.29, 1.82) is 0 Å². The Morgan fingerprint density at radius 1 is 1.09 bits per heavy atom. The fraction of sp³-hybridized carbons (Fsp3) is 0.208. The third-order valence-electron chi connectivity index (χ3n) is 5.28. The molecule has 5 rings (SSSR count). The molecule has 3 heterocycles. The van der Waals surface area contributed by atoms with Crippen molar-refractivity contribution < 1.29 is 14.3 Å². The number of fused-ring (bicyclic) bond motifs is 1. The summed E-state index contributed by atoms with van der Waals surface area (Å²) in [5, 5.41) is 13.6. The lowest BCUT2D eigenvalue weighted by atomic mass is 10.2. The topological polar surface area (TPSA) is 69.5 Å². The zero-order valence-electron chi connectivity index (χ0n) is 18.0. The summed E-state index contributed by atoms with van der Waals surface area (Å²) in [7, 11) is 1.83. The number of aromatic nitrogens is 3. The Labute approximate surface area is 200 Å². The van der Waals surface area contributed by atoms with E-state index in [0.717, 1.165) is 34.0 Å². The maximum Gasteiger partial charge on any atom is 0.233 e. The molecule has 33 heavy (non-hydrogen) atoms. The van der Waals surface area contributed by atoms with Crippen molar-refractivity contribution in [3.05, 3.63) is 76.5 Å². The summed E-state index contributed by atoms with van der Waals surface area (Å²) in [5.41, 5.74) is 3.15. The van der Waals surface area contributed by atoms with Gasteiger partial charge in [-0.15, -0.1) is 10.2 Å². The molecule has 0 atom stereocenters. The molecule has 2 aromatic carbocycles. The first-order valence-electron chi connectivity index (χ1n) is 10.4. The minimum atomic E-state index is 0.0464. The Kier molecular flexibility index (Phi) is 6.32. The summed E-state index contributed by atoms with van der Waals surface area (Å²) in [6.07, 6.45) is 0. The average molecular weight is 479 g/mol. The quantitative estimate of drug-likeness (QED) is 0.347. The maximum absolute atomic E-state index is 12.7. The van der Waals surface area contributed by atoms with Gasteiger partial charge < -0.3 is 14.4 Å². The van der Waals surface area contributed by atoms with E-state index < -0.39 is 0 Å². The number of ether oxygens (including phenoxy) is 2. The fourth-order valence-electron chi connectivity index (χ4n) is 3.54. The maximum atomic E-state index is 12.7. The lowest BCUT2D eigenvalue weighted by molar-refractivity contribution is -0.127. The van der Waals surface area contributed by atoms with E-state index >= 15 is 0 Å². The van der Waals surface area contributed by atoms with E-state index in [4.69, 9.17) is 9.47 Å². The van der Waals surface area contributed by atoms with E-state index in [2.05, 4.69) is 15.6 Å². The van der Waals surface area contributed by atoms with Crippen LogP contribution in [0.5, 0.6) is 11.5 Å². The van der Waals surface area contributed by atoms with E-state index in [-0.39, 0.29) is 18.5 Å². The van der Waals surface area contributed by atoms with Crippen LogP contribution in [0.2, 0.25) is 0 Å². The minimum Gasteiger partial charge on any atom is -0.454 e. The predicted molar refractivity (Wildman–Crippen MR) is 129 cm³/mol. The van der Waals surface area contributed by atoms with Crippen molar-refractivity contribution in [2.45, 2.75) is 18.2 Å². The Balaban J connectivity index is 1.36. The van der Waals surface area contributed by atoms with Gasteiger partial charge in [-0.3, -0.25) is 9.36 Å². The van der Waals surface area contributed by atoms with E-state index in [1.54, 1.807) is 16.2 Å². The van der Waals surface area contributed by atoms with Gasteiger partial charge in [0.25, 0.3) is 0 Å². The van der Waals surface area contributed by atoms with Crippen LogP contribution in [0.3, 0.4) is 0 Å². The highest BCUT2D eigenvalue weighted by Crippen LogP contribution is 2.33. The van der Waals surface area contributed by atoms with Crippen molar-refractivity contribution in [2.24, 2.45) is 0 Å². The molecule has 0 spiro atoms. The Hall–Kier alpha value is -3.30. The molecular weight excluding hydrogens is 456 g/mol. The highest BCUT2D eigenvalue weighted by Gasteiger charge is 2.19. The smallest absolute Gasteiger partial charge is 0.233 e. The van der Waals surface area contributed by atoms with Gasteiger partial charge in [-0.05, 0) is 40.1 Å². The van der Waals surface area contributed by atoms with E-state index in [1.165, 1.54) is 11.8 Å². The van der Waals surface area contributed by atoms with Crippen LogP contribution in [0.1, 0.15) is 11.1 Å². The van der Waals surface area contributed by atoms with Crippen molar-refractivity contribution >= 4 is 29.0 Å². The molecule has 0 N–H and O–H groups in total. The zero-order chi connectivity index (χ0) is 22.6. The molecule has 0 saturated carbocycles. The summed E-state index contributed by atoms with van der Waals surface area (Å²) in [6, 6.07) is 17.9. The standard InChI is InChI=1S/C24H22N4O3S2/c1-27(12-18-9-10-32-14-18)22(29)15-33-24-26-25-23(19-5-3-2-4-6-19)28(24)13-17-7-8-20-21(11-17)31-16-30-20/h2-11,14H,12-13,15-16H2,1H3. The van der Waals surface area contributed by atoms with Gasteiger partial charge in [0.1, 0.15) is 0 Å². The molecule has 1 amide bonds. The van der Waals surface area contributed by atoms with Crippen LogP contribution < -0.4 is 9.47 Å². The highest BCUT2D eigenvalue weighted by atomic mass is 32.2. The van der Waals surface area contributed by atoms with Gasteiger partial charge in [-0.1, -0.05) is 48.2 Å². The molecule has 1 aliphatic rings. The summed E-state index contributed by atoms with van der Waals surface area (Å²) in [6.45, 7) is 1.39. The molecule has 168 valence electrons. The third kappa shape index (κ3) is 4.89. The first-order chi connectivity index (χ1) is 16.2. The molecule has 2 aromatic heterocycles. The van der Waals surface area contributed by atoms with Crippen molar-refractivity contribution in [2.75, 3.05) is 19.6 Å². The molecule has 0 radical (unpaired) electrons. The number of benzene rings is 2. The van der Waals surface area contributed by atoms with Gasteiger partial charge in [0.2, 0.25) is 12.7 Å². The largest absolute Gasteiger partial charge is 0.454 e. The number of hydrogen-bond acceptors (Lipinski definition) is 7. The second-order valence-electron chi connectivity index (χ2n) is 7.62. The van der Waals surface area contributed by atoms with Crippen molar-refractivity contribution in [3.63, 3.8) is 0 Å². The third-order valence-corrected chi connectivity index (χ3v) is 6.96. The van der Waals surface area contributed by atoms with Crippen LogP contribution in [0.25, 0.3) is 11.4 Å². The van der Waals surface area contributed by atoms with Crippen molar-refractivity contribution in [1.82, 2.24) is 19.7 Å². The molecule has 0 bridgehead atoms. The van der Waals surface area contributed by atoms with Crippen LogP contribution in [0, 0.1) is 0 Å². The number of rotatable bonds is 8. The van der Waals surface area contributed by atoms with Crippen LogP contribution in [-0.4, -0.2) is 45.2 Å². The predicted octanol–water partition coefficient (Wildman–Crippen LogP) is 4.53. The number of amides is 1. The van der Waals surface area contributed by atoms with Gasteiger partial charge in [0.05, 0.1) is 12.3 Å². The summed E-state index contributed by atoms with van der Waals surface area (Å²) in [5.74, 6) is 2.58. The lowest BCUT2D eigenvalue weighted by Gasteiger charge is -2.16. The van der Waals surface area contributed by atoms with Crippen LogP contribution in [0.15, 0.2) is 70.5 Å². The number of carbonyl (C=O) groups excluding carboxylic acids is 1. The second kappa shape index (κ2) is 9.68. The molecule has 0 unspecified atom stereocenters. The van der Waals surface area contributed by atoms with Gasteiger partial charge in [0, 0.05) is 19.2 Å². The monoisotopic (exact) mass is 478 g/mol. The van der Waals surface area contributed by atoms with Crippen LogP contribution in [-0.2, 0) is 17.9 Å². The number of thiophene rings is 1. The molecule has 0 aliphatic carbocycles. The normalized spacial score (nSPS) is 12.2. The molecule has 7 nitrogen and oxygen atoms in total. The Morgan fingerprint density at radius 3 is 2.76 bits per heavy atom. The van der Waals surface area contributed by atoms with Gasteiger partial charge in [0.15, 0.2) is 22.5 Å². The first kappa shape index (κ1) is 21.5. The number of nitrogens with zero attached hydrogens (tertiary/aromatic N) is 4. The van der Waals surface area contributed by atoms with Gasteiger partial charge in [-0.25, -0.2) is 0 Å². The molecule has 4 aromatic rings. The second-order valence-corrected chi connectivity index (χ2v) is 9.34. The highest BCUT2D eigenvalue weighted by molar-refractivity contribution is 7.99. The first-order valence-corrected chi connectivity index (χ1v) is 12.4. The lowest BCUT2D eigenvalue weighted by Crippen LogP contribution is -2.27. The number of hydrogen-bond donors (Lipinski definition) is 0. The van der Waals surface area contributed by atoms with Crippen molar-refractivity contribution in [3.8, 4) is 22.9 Å². The van der Waals surface area contributed by atoms with E-state index in [0.29, 0.717) is 18.2 Å². The fourth-order valence-corrected chi connectivity index (χ4v) is 5.08. The molecule has 9 heteroatoms. The Bertz CT molecular complexity index is 1240. The SMILES string of the molecule is CN(Cc1ccsc1)C(=O)CSc1nnc(-c2ccccc2)n1Cc1ccc2c(c1)OCO2. The number of carbonyl (C=O) groups is 1. The summed E-state index contributed by atoms with van der Waals surface area (Å²) >= 11 is 3.03. The number of thioether (sulfide) groups is 1. The van der Waals surface area contributed by atoms with E-state index in [9.17, 15) is 4.79 Å². The van der Waals surface area contributed by atoms with Crippen LogP contribution >= 0.6 is 23.1 Å². The molecular formula is C24H22N4O3S2. The van der Waals surface area contributed by atoms with Crippen LogP contribution in [0.4, 0.5) is 0 Å². The average Bonchev–Trinajstić information content (AvgIpc) is 3.59. The Morgan fingerprint density at radius 2 is 1.94 bits per heavy atom. The van der Waals surface area contributed by atoms with E-state index in [1.807, 2.05) is 71.6 Å². The minimum absolute atomic E-state index is 0.0464.